The zero-order valence-corrected chi connectivity index (χ0v) is 14.0. The fraction of sp³-hybridized carbons (Fsp3) is 0.263. The third kappa shape index (κ3) is 5.43. The van der Waals surface area contributed by atoms with Gasteiger partial charge < -0.3 is 16.0 Å². The highest BCUT2D eigenvalue weighted by atomic mass is 16.2. The Hall–Kier alpha value is -2.82. The summed E-state index contributed by atoms with van der Waals surface area (Å²) in [6.07, 6.45) is 2.11. The number of urea groups is 1. The molecule has 0 heterocycles. The molecule has 0 radical (unpaired) electrons. The van der Waals surface area contributed by atoms with Gasteiger partial charge in [-0.3, -0.25) is 4.79 Å². The number of carbonyl (C=O) groups excluding carboxylic acids is 2. The third-order valence-electron chi connectivity index (χ3n) is 3.53. The summed E-state index contributed by atoms with van der Waals surface area (Å²) in [6.45, 7) is 3.77. The van der Waals surface area contributed by atoms with Crippen molar-refractivity contribution in [2.24, 2.45) is 0 Å². The molecule has 3 amide bonds. The van der Waals surface area contributed by atoms with Gasteiger partial charge in [0.25, 0.3) is 0 Å². The van der Waals surface area contributed by atoms with Crippen molar-refractivity contribution in [1.29, 1.82) is 0 Å². The second kappa shape index (κ2) is 8.72. The maximum absolute atomic E-state index is 12.2. The van der Waals surface area contributed by atoms with Crippen LogP contribution in [0.3, 0.4) is 0 Å². The fourth-order valence-corrected chi connectivity index (χ4v) is 2.24. The lowest BCUT2D eigenvalue weighted by Gasteiger charge is -2.15. The van der Waals surface area contributed by atoms with Crippen molar-refractivity contribution in [3.63, 3.8) is 0 Å². The van der Waals surface area contributed by atoms with Crippen LogP contribution in [0.15, 0.2) is 54.6 Å². The Morgan fingerprint density at radius 2 is 1.54 bits per heavy atom. The van der Waals surface area contributed by atoms with Crippen LogP contribution in [0.1, 0.15) is 25.8 Å². The number of nitrogens with one attached hydrogen (secondary N) is 3. The number of carbonyl (C=O) groups is 2. The molecule has 0 aliphatic heterocycles. The second-order valence-corrected chi connectivity index (χ2v) is 5.62. The van der Waals surface area contributed by atoms with Crippen molar-refractivity contribution < 1.29 is 9.59 Å². The van der Waals surface area contributed by atoms with Crippen molar-refractivity contribution in [3.8, 4) is 0 Å². The van der Waals surface area contributed by atoms with Crippen LogP contribution in [0, 0.1) is 0 Å². The quantitative estimate of drug-likeness (QED) is 0.756. The molecular formula is C19H23N3O2. The Bertz CT molecular complexity index is 669. The number of amides is 3. The van der Waals surface area contributed by atoms with Gasteiger partial charge in [0.05, 0.1) is 0 Å². The van der Waals surface area contributed by atoms with Gasteiger partial charge in [0.15, 0.2) is 0 Å². The van der Waals surface area contributed by atoms with Gasteiger partial charge in [0, 0.05) is 11.4 Å². The molecule has 1 atom stereocenters. The summed E-state index contributed by atoms with van der Waals surface area (Å²) >= 11 is 0. The minimum atomic E-state index is -0.649. The summed E-state index contributed by atoms with van der Waals surface area (Å²) in [5.41, 5.74) is 2.63. The lowest BCUT2D eigenvalue weighted by atomic mass is 10.1. The molecule has 0 spiro atoms. The van der Waals surface area contributed by atoms with Gasteiger partial charge in [-0.1, -0.05) is 43.7 Å². The van der Waals surface area contributed by atoms with E-state index in [1.54, 1.807) is 19.1 Å². The van der Waals surface area contributed by atoms with E-state index in [9.17, 15) is 9.59 Å². The molecule has 0 bridgehead atoms. The van der Waals surface area contributed by atoms with Crippen molar-refractivity contribution in [2.75, 3.05) is 10.6 Å². The number of hydrogen-bond donors (Lipinski definition) is 3. The number of aryl methyl sites for hydroxylation is 1. The highest BCUT2D eigenvalue weighted by molar-refractivity contribution is 5.98. The monoisotopic (exact) mass is 325 g/mol. The van der Waals surface area contributed by atoms with E-state index in [2.05, 4.69) is 22.9 Å². The lowest BCUT2D eigenvalue weighted by molar-refractivity contribution is -0.117. The Kier molecular flexibility index (Phi) is 6.37. The minimum Gasteiger partial charge on any atom is -0.326 e. The molecule has 3 N–H and O–H groups in total. The molecule has 0 saturated carbocycles. The van der Waals surface area contributed by atoms with Crippen LogP contribution in [0.4, 0.5) is 16.2 Å². The zero-order chi connectivity index (χ0) is 17.4. The van der Waals surface area contributed by atoms with Crippen molar-refractivity contribution in [2.45, 2.75) is 32.7 Å². The summed E-state index contributed by atoms with van der Waals surface area (Å²) in [7, 11) is 0. The largest absolute Gasteiger partial charge is 0.326 e. The van der Waals surface area contributed by atoms with E-state index in [0.717, 1.165) is 18.5 Å². The van der Waals surface area contributed by atoms with E-state index in [1.807, 2.05) is 42.5 Å². The first-order valence-corrected chi connectivity index (χ1v) is 8.11. The maximum atomic E-state index is 12.2. The average Bonchev–Trinajstić information content (AvgIpc) is 2.57. The summed E-state index contributed by atoms with van der Waals surface area (Å²) in [5.74, 6) is -0.263. The van der Waals surface area contributed by atoms with Crippen molar-refractivity contribution in [1.82, 2.24) is 5.32 Å². The van der Waals surface area contributed by atoms with Crippen LogP contribution in [-0.2, 0) is 11.2 Å². The molecule has 5 nitrogen and oxygen atoms in total. The van der Waals surface area contributed by atoms with Gasteiger partial charge in [-0.25, -0.2) is 4.79 Å². The van der Waals surface area contributed by atoms with Crippen LogP contribution in [-0.4, -0.2) is 18.0 Å². The SMILES string of the molecule is CCCc1ccc(NC(=O)C(C)NC(=O)Nc2ccccc2)cc1. The smallest absolute Gasteiger partial charge is 0.319 e. The summed E-state index contributed by atoms with van der Waals surface area (Å²) in [5, 5.41) is 8.10. The van der Waals surface area contributed by atoms with E-state index in [0.29, 0.717) is 5.69 Å². The molecule has 2 rings (SSSR count). The van der Waals surface area contributed by atoms with Crippen LogP contribution in [0.5, 0.6) is 0 Å². The predicted octanol–water partition coefficient (Wildman–Crippen LogP) is 3.79. The highest BCUT2D eigenvalue weighted by Gasteiger charge is 2.15. The minimum absolute atomic E-state index is 0.263. The summed E-state index contributed by atoms with van der Waals surface area (Å²) < 4.78 is 0. The highest BCUT2D eigenvalue weighted by Crippen LogP contribution is 2.11. The molecule has 0 aliphatic carbocycles. The van der Waals surface area contributed by atoms with Crippen LogP contribution >= 0.6 is 0 Å². The number of anilines is 2. The molecule has 24 heavy (non-hydrogen) atoms. The predicted molar refractivity (Wildman–Crippen MR) is 97.1 cm³/mol. The molecule has 0 saturated heterocycles. The number of rotatable bonds is 6. The van der Waals surface area contributed by atoms with Crippen LogP contribution in [0.25, 0.3) is 0 Å². The normalized spacial score (nSPS) is 11.4. The topological polar surface area (TPSA) is 70.2 Å². The fourth-order valence-electron chi connectivity index (χ4n) is 2.24. The number of para-hydroxylation sites is 1. The molecule has 0 aromatic heterocycles. The Morgan fingerprint density at radius 1 is 0.917 bits per heavy atom. The maximum Gasteiger partial charge on any atom is 0.319 e. The number of hydrogen-bond acceptors (Lipinski definition) is 2. The molecular weight excluding hydrogens is 302 g/mol. The molecule has 2 aromatic carbocycles. The van der Waals surface area contributed by atoms with E-state index in [1.165, 1.54) is 5.56 Å². The Balaban J connectivity index is 1.84. The van der Waals surface area contributed by atoms with E-state index < -0.39 is 12.1 Å². The van der Waals surface area contributed by atoms with E-state index >= 15 is 0 Å². The molecule has 1 unspecified atom stereocenters. The first-order chi connectivity index (χ1) is 11.6. The van der Waals surface area contributed by atoms with Gasteiger partial charge in [-0.05, 0) is 43.2 Å². The van der Waals surface area contributed by atoms with Crippen LogP contribution in [0.2, 0.25) is 0 Å². The van der Waals surface area contributed by atoms with E-state index in [4.69, 9.17) is 0 Å². The average molecular weight is 325 g/mol. The summed E-state index contributed by atoms with van der Waals surface area (Å²) in [4.78, 5) is 24.1. The molecule has 0 aliphatic rings. The molecule has 126 valence electrons. The lowest BCUT2D eigenvalue weighted by Crippen LogP contribution is -2.43. The van der Waals surface area contributed by atoms with Crippen molar-refractivity contribution in [3.05, 3.63) is 60.2 Å². The van der Waals surface area contributed by atoms with Crippen molar-refractivity contribution >= 4 is 23.3 Å². The third-order valence-corrected chi connectivity index (χ3v) is 3.53. The van der Waals surface area contributed by atoms with Gasteiger partial charge in [-0.15, -0.1) is 0 Å². The zero-order valence-electron chi connectivity index (χ0n) is 14.0. The number of benzene rings is 2. The van der Waals surface area contributed by atoms with Crippen LogP contribution < -0.4 is 16.0 Å². The first kappa shape index (κ1) is 17.5. The Labute approximate surface area is 142 Å². The van der Waals surface area contributed by atoms with Gasteiger partial charge in [0.2, 0.25) is 5.91 Å². The Morgan fingerprint density at radius 3 is 2.17 bits per heavy atom. The molecule has 2 aromatic rings. The van der Waals surface area contributed by atoms with Gasteiger partial charge in [0.1, 0.15) is 6.04 Å². The van der Waals surface area contributed by atoms with Gasteiger partial charge >= 0.3 is 6.03 Å². The first-order valence-electron chi connectivity index (χ1n) is 8.11. The van der Waals surface area contributed by atoms with Gasteiger partial charge in [-0.2, -0.15) is 0 Å². The summed E-state index contributed by atoms with van der Waals surface area (Å²) in [6, 6.07) is 15.8. The standard InChI is InChI=1S/C19H23N3O2/c1-3-7-15-10-12-17(13-11-15)21-18(23)14(2)20-19(24)22-16-8-5-4-6-9-16/h4-6,8-14H,3,7H2,1-2H3,(H,21,23)(H2,20,22,24). The molecule has 0 fully saturated rings. The van der Waals surface area contributed by atoms with E-state index in [-0.39, 0.29) is 5.91 Å². The molecule has 5 heteroatoms. The second-order valence-electron chi connectivity index (χ2n) is 5.62.